The molecule has 0 unspecified atom stereocenters. The van der Waals surface area contributed by atoms with Gasteiger partial charge in [0, 0.05) is 11.6 Å². The van der Waals surface area contributed by atoms with Crippen LogP contribution in [-0.2, 0) is 0 Å². The molecule has 0 aliphatic heterocycles. The van der Waals surface area contributed by atoms with Crippen molar-refractivity contribution in [1.82, 2.24) is 15.5 Å². The summed E-state index contributed by atoms with van der Waals surface area (Å²) in [5.74, 6) is 3.40. The summed E-state index contributed by atoms with van der Waals surface area (Å²) in [6, 6.07) is 5.50. The first-order valence-corrected chi connectivity index (χ1v) is 10.1. The summed E-state index contributed by atoms with van der Waals surface area (Å²) >= 11 is 0. The Bertz CT molecular complexity index is 811. The molecule has 0 spiro atoms. The first kappa shape index (κ1) is 15.1. The van der Waals surface area contributed by atoms with Gasteiger partial charge in [0.1, 0.15) is 5.69 Å². The molecule has 0 radical (unpaired) electrons. The molecule has 136 valence electrons. The monoisotopic (exact) mass is 351 g/mol. The zero-order chi connectivity index (χ0) is 17.4. The Balaban J connectivity index is 1.24. The Hall–Kier alpha value is -2.04. The van der Waals surface area contributed by atoms with Gasteiger partial charge in [0.25, 0.3) is 5.91 Å². The van der Waals surface area contributed by atoms with Crippen molar-refractivity contribution in [2.75, 3.05) is 0 Å². The summed E-state index contributed by atoms with van der Waals surface area (Å²) in [6.45, 7) is 0. The number of furan rings is 1. The lowest BCUT2D eigenvalue weighted by Gasteiger charge is -2.60. The third kappa shape index (κ3) is 2.09. The van der Waals surface area contributed by atoms with E-state index in [1.54, 1.807) is 12.3 Å². The molecule has 5 aliphatic rings. The van der Waals surface area contributed by atoms with Crippen molar-refractivity contribution < 1.29 is 9.21 Å². The summed E-state index contributed by atoms with van der Waals surface area (Å²) < 4.78 is 5.39. The Kier molecular flexibility index (Phi) is 2.91. The average Bonchev–Trinajstić information content (AvgIpc) is 3.04. The minimum atomic E-state index is -0.0349. The average molecular weight is 351 g/mol. The number of nitrogens with one attached hydrogen (secondary N) is 2. The Labute approximate surface area is 152 Å². The summed E-state index contributed by atoms with van der Waals surface area (Å²) in [7, 11) is 0. The van der Waals surface area contributed by atoms with E-state index in [-0.39, 0.29) is 11.4 Å². The van der Waals surface area contributed by atoms with Gasteiger partial charge in [-0.1, -0.05) is 0 Å². The maximum atomic E-state index is 13.0. The largest absolute Gasteiger partial charge is 0.463 e. The van der Waals surface area contributed by atoms with E-state index in [1.807, 2.05) is 12.1 Å². The first-order chi connectivity index (χ1) is 12.6. The van der Waals surface area contributed by atoms with E-state index in [4.69, 9.17) is 4.42 Å². The van der Waals surface area contributed by atoms with E-state index in [2.05, 4.69) is 15.5 Å². The lowest BCUT2D eigenvalue weighted by Crippen LogP contribution is -2.58. The first-order valence-electron chi connectivity index (χ1n) is 10.1. The summed E-state index contributed by atoms with van der Waals surface area (Å²) in [5.41, 5.74) is 1.61. The van der Waals surface area contributed by atoms with Crippen LogP contribution in [-0.4, -0.2) is 21.6 Å². The number of rotatable bonds is 4. The lowest BCUT2D eigenvalue weighted by molar-refractivity contribution is -0.0792. The van der Waals surface area contributed by atoms with Gasteiger partial charge in [0.15, 0.2) is 11.5 Å². The van der Waals surface area contributed by atoms with Crippen molar-refractivity contribution in [3.05, 3.63) is 30.2 Å². The third-order valence-electron chi connectivity index (χ3n) is 7.75. The van der Waals surface area contributed by atoms with Crippen molar-refractivity contribution in [2.45, 2.75) is 56.9 Å². The zero-order valence-corrected chi connectivity index (χ0v) is 15.0. The Morgan fingerprint density at radius 2 is 1.85 bits per heavy atom. The van der Waals surface area contributed by atoms with E-state index in [0.717, 1.165) is 36.3 Å². The number of H-pyrrole nitrogens is 1. The minimum Gasteiger partial charge on any atom is -0.463 e. The van der Waals surface area contributed by atoms with Gasteiger partial charge in [-0.25, -0.2) is 0 Å². The van der Waals surface area contributed by atoms with Gasteiger partial charge in [0.2, 0.25) is 0 Å². The summed E-state index contributed by atoms with van der Waals surface area (Å²) in [5, 5.41) is 10.6. The molecule has 2 aromatic rings. The Morgan fingerprint density at radius 3 is 2.42 bits per heavy atom. The van der Waals surface area contributed by atoms with Crippen molar-refractivity contribution >= 4 is 5.91 Å². The molecule has 5 fully saturated rings. The van der Waals surface area contributed by atoms with Crippen molar-refractivity contribution in [2.24, 2.45) is 23.2 Å². The molecular formula is C21H25N3O2. The van der Waals surface area contributed by atoms with Gasteiger partial charge in [-0.05, 0) is 86.7 Å². The standard InChI is InChI=1S/C21H25N3O2/c25-19(17-9-16(23-24-17)18-2-1-5-26-18)22-21(3-4-21)20-10-13-6-14(11-20)8-15(7-13)12-20/h1-2,5,9,13-15H,3-4,6-8,10-12H2,(H,22,25)(H,23,24). The van der Waals surface area contributed by atoms with Crippen LogP contribution in [0.3, 0.4) is 0 Å². The molecule has 26 heavy (non-hydrogen) atoms. The highest BCUT2D eigenvalue weighted by Gasteiger charge is 2.65. The number of amides is 1. The fourth-order valence-corrected chi connectivity index (χ4v) is 6.89. The highest BCUT2D eigenvalue weighted by Crippen LogP contribution is 2.68. The number of carbonyl (C=O) groups excluding carboxylic acids is 1. The SMILES string of the molecule is O=C(NC1(C23CC4CC(CC(C4)C2)C3)CC1)c1cc(-c2ccco2)[nH]n1. The number of hydrogen-bond donors (Lipinski definition) is 2. The predicted molar refractivity (Wildman–Crippen MR) is 96.3 cm³/mol. The zero-order valence-electron chi connectivity index (χ0n) is 15.0. The Morgan fingerprint density at radius 1 is 1.15 bits per heavy atom. The second kappa shape index (κ2) is 5.02. The molecule has 5 saturated carbocycles. The quantitative estimate of drug-likeness (QED) is 0.869. The molecule has 5 heteroatoms. The molecule has 0 aromatic carbocycles. The molecule has 0 saturated heterocycles. The van der Waals surface area contributed by atoms with Crippen LogP contribution < -0.4 is 5.32 Å². The predicted octanol–water partition coefficient (Wildman–Crippen LogP) is 4.15. The number of hydrogen-bond acceptors (Lipinski definition) is 3. The number of aromatic amines is 1. The van der Waals surface area contributed by atoms with Crippen LogP contribution >= 0.6 is 0 Å². The van der Waals surface area contributed by atoms with Crippen LogP contribution in [0.5, 0.6) is 0 Å². The molecule has 7 rings (SSSR count). The highest BCUT2D eigenvalue weighted by atomic mass is 16.3. The molecule has 0 atom stereocenters. The van der Waals surface area contributed by atoms with Gasteiger partial charge in [-0.15, -0.1) is 0 Å². The third-order valence-corrected chi connectivity index (χ3v) is 7.75. The van der Waals surface area contributed by atoms with Crippen molar-refractivity contribution in [1.29, 1.82) is 0 Å². The van der Waals surface area contributed by atoms with Crippen molar-refractivity contribution in [3.63, 3.8) is 0 Å². The van der Waals surface area contributed by atoms with Gasteiger partial charge in [0.05, 0.1) is 6.26 Å². The van der Waals surface area contributed by atoms with E-state index in [9.17, 15) is 4.79 Å². The van der Waals surface area contributed by atoms with Crippen LogP contribution in [0.1, 0.15) is 61.9 Å². The van der Waals surface area contributed by atoms with Gasteiger partial charge < -0.3 is 9.73 Å². The molecule has 2 N–H and O–H groups in total. The van der Waals surface area contributed by atoms with Crippen LogP contribution in [0.15, 0.2) is 28.9 Å². The normalized spacial score (nSPS) is 36.2. The van der Waals surface area contributed by atoms with E-state index < -0.39 is 0 Å². The topological polar surface area (TPSA) is 70.9 Å². The maximum absolute atomic E-state index is 13.0. The second-order valence-electron chi connectivity index (χ2n) is 9.38. The van der Waals surface area contributed by atoms with Crippen LogP contribution in [0.4, 0.5) is 0 Å². The summed E-state index contributed by atoms with van der Waals surface area (Å²) in [4.78, 5) is 13.0. The van der Waals surface area contributed by atoms with E-state index in [0.29, 0.717) is 16.9 Å². The van der Waals surface area contributed by atoms with Gasteiger partial charge in [-0.2, -0.15) is 5.10 Å². The minimum absolute atomic E-state index is 0.0316. The highest BCUT2D eigenvalue weighted by molar-refractivity contribution is 5.94. The number of nitrogens with zero attached hydrogens (tertiary/aromatic N) is 1. The fourth-order valence-electron chi connectivity index (χ4n) is 6.89. The molecular weight excluding hydrogens is 326 g/mol. The summed E-state index contributed by atoms with van der Waals surface area (Å²) in [6.07, 6.45) is 12.2. The molecule has 5 aliphatic carbocycles. The van der Waals surface area contributed by atoms with E-state index in [1.165, 1.54) is 38.5 Å². The molecule has 2 aromatic heterocycles. The molecule has 5 nitrogen and oxygen atoms in total. The van der Waals surface area contributed by atoms with Crippen LogP contribution in [0.2, 0.25) is 0 Å². The van der Waals surface area contributed by atoms with Crippen molar-refractivity contribution in [3.8, 4) is 11.5 Å². The molecule has 1 amide bonds. The molecule has 2 heterocycles. The lowest BCUT2D eigenvalue weighted by atomic mass is 9.47. The van der Waals surface area contributed by atoms with E-state index >= 15 is 0 Å². The second-order valence-corrected chi connectivity index (χ2v) is 9.38. The maximum Gasteiger partial charge on any atom is 0.272 e. The fraction of sp³-hybridized carbons (Fsp3) is 0.619. The molecule has 4 bridgehead atoms. The van der Waals surface area contributed by atoms with Gasteiger partial charge >= 0.3 is 0 Å². The number of aromatic nitrogens is 2. The van der Waals surface area contributed by atoms with Gasteiger partial charge in [-0.3, -0.25) is 9.89 Å². The van der Waals surface area contributed by atoms with Crippen LogP contribution in [0.25, 0.3) is 11.5 Å². The number of carbonyl (C=O) groups is 1. The smallest absolute Gasteiger partial charge is 0.272 e. The van der Waals surface area contributed by atoms with Crippen LogP contribution in [0, 0.1) is 23.2 Å².